The number of hydrogen-bond acceptors (Lipinski definition) is 2. The summed E-state index contributed by atoms with van der Waals surface area (Å²) in [7, 11) is -1.46. The second-order valence-corrected chi connectivity index (χ2v) is 8.77. The van der Waals surface area contributed by atoms with Crippen molar-refractivity contribution < 1.29 is 8.42 Å². The molecule has 1 aliphatic heterocycles. The summed E-state index contributed by atoms with van der Waals surface area (Å²) in [6, 6.07) is 13.7. The summed E-state index contributed by atoms with van der Waals surface area (Å²) in [5, 5.41) is 1.24. The molecule has 0 spiro atoms. The van der Waals surface area contributed by atoms with E-state index >= 15 is 0 Å². The molecule has 0 N–H and O–H groups in total. The Balaban J connectivity index is 1.76. The van der Waals surface area contributed by atoms with Gasteiger partial charge in [0.25, 0.3) is 0 Å². The second-order valence-electron chi connectivity index (χ2n) is 6.84. The van der Waals surface area contributed by atoms with E-state index in [9.17, 15) is 8.42 Å². The van der Waals surface area contributed by atoms with Gasteiger partial charge in [0.05, 0.1) is 11.4 Å². The molecule has 130 valence electrons. The zero-order valence-corrected chi connectivity index (χ0v) is 15.6. The van der Waals surface area contributed by atoms with Crippen LogP contribution in [-0.2, 0) is 30.0 Å². The number of hydrogen-bond donors (Lipinski definition) is 0. The molecule has 0 radical (unpaired) electrons. The van der Waals surface area contributed by atoms with Crippen LogP contribution < -0.4 is 0 Å². The van der Waals surface area contributed by atoms with E-state index in [1.807, 2.05) is 39.1 Å². The third-order valence-corrected chi connectivity index (χ3v) is 7.24. The Kier molecular flexibility index (Phi) is 3.74. The lowest BCUT2D eigenvalue weighted by molar-refractivity contribution is 0.382. The first-order chi connectivity index (χ1) is 11.9. The number of aryl methyl sites for hydroxylation is 3. The second kappa shape index (κ2) is 5.71. The highest BCUT2D eigenvalue weighted by molar-refractivity contribution is 7.89. The lowest BCUT2D eigenvalue weighted by atomic mass is 10.1. The minimum atomic E-state index is -3.48. The number of aromatic nitrogens is 1. The Hall–Kier alpha value is -2.11. The summed E-state index contributed by atoms with van der Waals surface area (Å²) < 4.78 is 29.9. The Morgan fingerprint density at radius 1 is 1.00 bits per heavy atom. The van der Waals surface area contributed by atoms with Crippen molar-refractivity contribution in [2.75, 3.05) is 6.54 Å². The molecule has 1 aliphatic rings. The van der Waals surface area contributed by atoms with Crippen LogP contribution in [-0.4, -0.2) is 23.8 Å². The maximum Gasteiger partial charge on any atom is 0.243 e. The maximum absolute atomic E-state index is 13.1. The minimum absolute atomic E-state index is 0.387. The molecular weight excluding hydrogens is 332 g/mol. The SMILES string of the molecule is Cc1ccc(S(=O)(=O)N2CCc3c(n(C)c4ccccc34)C2)cc1C. The van der Waals surface area contributed by atoms with Gasteiger partial charge in [0.1, 0.15) is 0 Å². The highest BCUT2D eigenvalue weighted by atomic mass is 32.2. The topological polar surface area (TPSA) is 42.3 Å². The van der Waals surface area contributed by atoms with Gasteiger partial charge in [0, 0.05) is 30.2 Å². The highest BCUT2D eigenvalue weighted by Crippen LogP contribution is 2.32. The molecule has 0 aliphatic carbocycles. The number of nitrogens with zero attached hydrogens (tertiary/aromatic N) is 2. The van der Waals surface area contributed by atoms with Crippen LogP contribution in [0.3, 0.4) is 0 Å². The molecule has 0 fully saturated rings. The molecule has 2 heterocycles. The number of benzene rings is 2. The third kappa shape index (κ3) is 2.50. The molecule has 0 amide bonds. The Morgan fingerprint density at radius 3 is 2.52 bits per heavy atom. The van der Waals surface area contributed by atoms with E-state index < -0.39 is 10.0 Å². The van der Waals surface area contributed by atoms with Gasteiger partial charge in [-0.15, -0.1) is 0 Å². The zero-order chi connectivity index (χ0) is 17.8. The average molecular weight is 354 g/mol. The summed E-state index contributed by atoms with van der Waals surface area (Å²) in [5.74, 6) is 0. The molecule has 0 saturated carbocycles. The van der Waals surface area contributed by atoms with E-state index in [1.165, 1.54) is 10.9 Å². The smallest absolute Gasteiger partial charge is 0.243 e. The molecule has 2 aromatic carbocycles. The van der Waals surface area contributed by atoms with E-state index in [2.05, 4.69) is 16.7 Å². The Morgan fingerprint density at radius 2 is 1.76 bits per heavy atom. The lowest BCUT2D eigenvalue weighted by Gasteiger charge is -2.27. The fraction of sp³-hybridized carbons (Fsp3) is 0.300. The lowest BCUT2D eigenvalue weighted by Crippen LogP contribution is -2.36. The number of sulfonamides is 1. The van der Waals surface area contributed by atoms with Crippen molar-refractivity contribution in [3.05, 3.63) is 64.8 Å². The third-order valence-electron chi connectivity index (χ3n) is 5.40. The summed E-state index contributed by atoms with van der Waals surface area (Å²) in [6.45, 7) is 4.90. The van der Waals surface area contributed by atoms with Gasteiger partial charge in [-0.2, -0.15) is 4.31 Å². The monoisotopic (exact) mass is 354 g/mol. The van der Waals surface area contributed by atoms with Crippen LogP contribution in [0.15, 0.2) is 47.4 Å². The van der Waals surface area contributed by atoms with Crippen molar-refractivity contribution in [2.24, 2.45) is 7.05 Å². The zero-order valence-electron chi connectivity index (χ0n) is 14.8. The number of rotatable bonds is 2. The van der Waals surface area contributed by atoms with Gasteiger partial charge in [0.2, 0.25) is 10.0 Å². The number of para-hydroxylation sites is 1. The van der Waals surface area contributed by atoms with Crippen molar-refractivity contribution in [1.29, 1.82) is 0 Å². The molecule has 0 unspecified atom stereocenters. The molecule has 0 atom stereocenters. The van der Waals surface area contributed by atoms with Gasteiger partial charge in [-0.25, -0.2) is 8.42 Å². The molecule has 3 aromatic rings. The largest absolute Gasteiger partial charge is 0.346 e. The quantitative estimate of drug-likeness (QED) is 0.706. The maximum atomic E-state index is 13.1. The van der Waals surface area contributed by atoms with Crippen LogP contribution in [0.5, 0.6) is 0 Å². The fourth-order valence-corrected chi connectivity index (χ4v) is 5.20. The summed E-state index contributed by atoms with van der Waals surface area (Å²) in [6.07, 6.45) is 0.751. The van der Waals surface area contributed by atoms with Gasteiger partial charge in [-0.1, -0.05) is 24.3 Å². The first-order valence-electron chi connectivity index (χ1n) is 8.52. The standard InChI is InChI=1S/C20H22N2O2S/c1-14-8-9-16(12-15(14)2)25(23,24)22-11-10-18-17-6-4-5-7-19(17)21(3)20(18)13-22/h4-9,12H,10-11,13H2,1-3H3. The van der Waals surface area contributed by atoms with Crippen LogP contribution in [0, 0.1) is 13.8 Å². The van der Waals surface area contributed by atoms with Crippen molar-refractivity contribution in [1.82, 2.24) is 8.87 Å². The van der Waals surface area contributed by atoms with E-state index in [0.717, 1.165) is 28.8 Å². The molecule has 4 rings (SSSR count). The van der Waals surface area contributed by atoms with Crippen molar-refractivity contribution >= 4 is 20.9 Å². The summed E-state index contributed by atoms with van der Waals surface area (Å²) in [4.78, 5) is 0.387. The van der Waals surface area contributed by atoms with Crippen LogP contribution in [0.4, 0.5) is 0 Å². The predicted molar refractivity (Wildman–Crippen MR) is 100 cm³/mol. The van der Waals surface area contributed by atoms with Crippen LogP contribution >= 0.6 is 0 Å². The molecule has 0 saturated heterocycles. The van der Waals surface area contributed by atoms with E-state index in [1.54, 1.807) is 16.4 Å². The fourth-order valence-electron chi connectivity index (χ4n) is 3.72. The van der Waals surface area contributed by atoms with Gasteiger partial charge < -0.3 is 4.57 Å². The van der Waals surface area contributed by atoms with Gasteiger partial charge >= 0.3 is 0 Å². The molecule has 25 heavy (non-hydrogen) atoms. The average Bonchev–Trinajstić information content (AvgIpc) is 2.90. The summed E-state index contributed by atoms with van der Waals surface area (Å²) >= 11 is 0. The van der Waals surface area contributed by atoms with E-state index in [-0.39, 0.29) is 0 Å². The predicted octanol–water partition coefficient (Wildman–Crippen LogP) is 3.54. The first kappa shape index (κ1) is 16.4. The van der Waals surface area contributed by atoms with Gasteiger partial charge in [-0.05, 0) is 55.2 Å². The number of fused-ring (bicyclic) bond motifs is 3. The van der Waals surface area contributed by atoms with Crippen molar-refractivity contribution in [2.45, 2.75) is 31.7 Å². The Bertz CT molecular complexity index is 1080. The van der Waals surface area contributed by atoms with Gasteiger partial charge in [0.15, 0.2) is 0 Å². The van der Waals surface area contributed by atoms with Crippen LogP contribution in [0.1, 0.15) is 22.4 Å². The molecular formula is C20H22N2O2S. The summed E-state index contributed by atoms with van der Waals surface area (Å²) in [5.41, 5.74) is 5.65. The van der Waals surface area contributed by atoms with Crippen molar-refractivity contribution in [3.63, 3.8) is 0 Å². The molecule has 0 bridgehead atoms. The minimum Gasteiger partial charge on any atom is -0.346 e. The highest BCUT2D eigenvalue weighted by Gasteiger charge is 2.31. The van der Waals surface area contributed by atoms with Crippen molar-refractivity contribution in [3.8, 4) is 0 Å². The van der Waals surface area contributed by atoms with Gasteiger partial charge in [-0.3, -0.25) is 0 Å². The first-order valence-corrected chi connectivity index (χ1v) is 9.96. The molecule has 4 nitrogen and oxygen atoms in total. The van der Waals surface area contributed by atoms with Crippen LogP contribution in [0.2, 0.25) is 0 Å². The Labute approximate surface area is 148 Å². The molecule has 5 heteroatoms. The van der Waals surface area contributed by atoms with E-state index in [4.69, 9.17) is 0 Å². The van der Waals surface area contributed by atoms with Crippen LogP contribution in [0.25, 0.3) is 10.9 Å². The molecule has 1 aromatic heterocycles. The normalized spacial score (nSPS) is 15.5. The van der Waals surface area contributed by atoms with E-state index in [0.29, 0.717) is 18.0 Å².